The van der Waals surface area contributed by atoms with Gasteiger partial charge in [0.05, 0.1) is 5.54 Å². The lowest BCUT2D eigenvalue weighted by atomic mass is 9.97. The fraction of sp³-hybridized carbons (Fsp3) is 0.462. The maximum atomic E-state index is 6.00. The minimum Gasteiger partial charge on any atom is -0.440 e. The highest BCUT2D eigenvalue weighted by atomic mass is 16.4. The molecule has 0 bridgehead atoms. The Morgan fingerprint density at radius 2 is 1.88 bits per heavy atom. The van der Waals surface area contributed by atoms with Crippen LogP contribution in [0, 0.1) is 0 Å². The number of oxazole rings is 1. The van der Waals surface area contributed by atoms with E-state index < -0.39 is 5.54 Å². The number of rotatable bonds is 0. The molecule has 3 nitrogen and oxygen atoms in total. The Bertz CT molecular complexity index is 425. The molecule has 1 aliphatic rings. The lowest BCUT2D eigenvalue weighted by molar-refractivity contribution is 0.389. The molecule has 1 heterocycles. The fourth-order valence-corrected chi connectivity index (χ4v) is 1.47. The van der Waals surface area contributed by atoms with Crippen molar-refractivity contribution in [2.45, 2.75) is 38.6 Å². The van der Waals surface area contributed by atoms with E-state index in [1.807, 2.05) is 31.2 Å². The minimum atomic E-state index is -0.425. The van der Waals surface area contributed by atoms with Gasteiger partial charge >= 0.3 is 0 Å². The van der Waals surface area contributed by atoms with Crippen LogP contribution in [-0.4, -0.2) is 10.5 Å². The van der Waals surface area contributed by atoms with E-state index in [4.69, 9.17) is 10.2 Å². The third kappa shape index (κ3) is 2.09. The van der Waals surface area contributed by atoms with Crippen molar-refractivity contribution in [3.63, 3.8) is 0 Å². The molecule has 1 aromatic heterocycles. The molecule has 0 aromatic carbocycles. The van der Waals surface area contributed by atoms with Crippen molar-refractivity contribution >= 4 is 12.2 Å². The first-order valence-corrected chi connectivity index (χ1v) is 5.47. The van der Waals surface area contributed by atoms with E-state index in [2.05, 4.69) is 25.8 Å². The Balaban J connectivity index is 2.45. The summed E-state index contributed by atoms with van der Waals surface area (Å²) in [6.07, 6.45) is 7.68. The summed E-state index contributed by atoms with van der Waals surface area (Å²) in [7, 11) is 0. The largest absolute Gasteiger partial charge is 0.440 e. The van der Waals surface area contributed by atoms with Crippen LogP contribution in [0.4, 0.5) is 0 Å². The zero-order chi connectivity index (χ0) is 12.0. The van der Waals surface area contributed by atoms with Crippen molar-refractivity contribution in [3.8, 4) is 0 Å². The third-order valence-corrected chi connectivity index (χ3v) is 2.52. The van der Waals surface area contributed by atoms with Gasteiger partial charge in [-0.25, -0.2) is 4.98 Å². The zero-order valence-electron chi connectivity index (χ0n) is 10.2. The highest BCUT2D eigenvalue weighted by Gasteiger charge is 2.23. The van der Waals surface area contributed by atoms with Gasteiger partial charge in [-0.2, -0.15) is 0 Å². The van der Waals surface area contributed by atoms with Crippen LogP contribution in [0.5, 0.6) is 0 Å². The number of fused-ring (bicyclic) bond motifs is 1. The molecule has 1 unspecified atom stereocenters. The average molecular weight is 218 g/mol. The van der Waals surface area contributed by atoms with Gasteiger partial charge in [0.1, 0.15) is 5.69 Å². The highest BCUT2D eigenvalue weighted by Crippen LogP contribution is 2.27. The van der Waals surface area contributed by atoms with Crippen molar-refractivity contribution in [3.05, 3.63) is 29.5 Å². The predicted molar refractivity (Wildman–Crippen MR) is 65.9 cm³/mol. The first kappa shape index (κ1) is 11.1. The molecule has 2 rings (SSSR count). The second-order valence-corrected chi connectivity index (χ2v) is 5.55. The van der Waals surface area contributed by atoms with Crippen molar-refractivity contribution in [2.75, 3.05) is 0 Å². The maximum absolute atomic E-state index is 6.00. The summed E-state index contributed by atoms with van der Waals surface area (Å²) < 4.78 is 5.74. The molecule has 86 valence electrons. The third-order valence-electron chi connectivity index (χ3n) is 2.52. The van der Waals surface area contributed by atoms with Gasteiger partial charge in [-0.05, 0) is 19.1 Å². The van der Waals surface area contributed by atoms with Crippen molar-refractivity contribution < 1.29 is 4.42 Å². The number of hydrogen-bond acceptors (Lipinski definition) is 3. The Hall–Kier alpha value is -1.35. The molecule has 0 radical (unpaired) electrons. The van der Waals surface area contributed by atoms with Gasteiger partial charge in [-0.1, -0.05) is 32.9 Å². The Labute approximate surface area is 96.0 Å². The van der Waals surface area contributed by atoms with Gasteiger partial charge in [0.2, 0.25) is 5.89 Å². The van der Waals surface area contributed by atoms with E-state index in [9.17, 15) is 0 Å². The van der Waals surface area contributed by atoms with Gasteiger partial charge in [0, 0.05) is 5.41 Å². The monoisotopic (exact) mass is 218 g/mol. The Morgan fingerprint density at radius 1 is 1.25 bits per heavy atom. The van der Waals surface area contributed by atoms with E-state index in [0.717, 1.165) is 17.3 Å². The van der Waals surface area contributed by atoms with Crippen LogP contribution in [-0.2, 0) is 5.41 Å². The first-order valence-electron chi connectivity index (χ1n) is 5.47. The molecule has 0 amide bonds. The second-order valence-electron chi connectivity index (χ2n) is 5.55. The van der Waals surface area contributed by atoms with E-state index in [-0.39, 0.29) is 5.41 Å². The summed E-state index contributed by atoms with van der Waals surface area (Å²) in [6, 6.07) is 0. The lowest BCUT2D eigenvalue weighted by Gasteiger charge is -2.13. The topological polar surface area (TPSA) is 52.0 Å². The fourth-order valence-electron chi connectivity index (χ4n) is 1.47. The molecule has 2 N–H and O–H groups in total. The predicted octanol–water partition coefficient (Wildman–Crippen LogP) is 2.73. The van der Waals surface area contributed by atoms with Gasteiger partial charge in [0.15, 0.2) is 5.76 Å². The molecule has 1 aromatic rings. The summed E-state index contributed by atoms with van der Waals surface area (Å²) in [5.41, 5.74) is 6.36. The van der Waals surface area contributed by atoms with Gasteiger partial charge in [0.25, 0.3) is 0 Å². The molecule has 0 saturated heterocycles. The smallest absolute Gasteiger partial charge is 0.200 e. The molecular weight excluding hydrogens is 200 g/mol. The summed E-state index contributed by atoms with van der Waals surface area (Å²) in [4.78, 5) is 4.49. The Morgan fingerprint density at radius 3 is 2.50 bits per heavy atom. The number of hydrogen-bond donors (Lipinski definition) is 1. The quantitative estimate of drug-likeness (QED) is 0.728. The molecule has 0 fully saturated rings. The van der Waals surface area contributed by atoms with Crippen LogP contribution in [0.2, 0.25) is 0 Å². The van der Waals surface area contributed by atoms with Crippen LogP contribution in [0.3, 0.4) is 0 Å². The molecule has 1 aliphatic carbocycles. The van der Waals surface area contributed by atoms with E-state index in [1.165, 1.54) is 0 Å². The lowest BCUT2D eigenvalue weighted by Crippen LogP contribution is -2.30. The van der Waals surface area contributed by atoms with Crippen LogP contribution in [0.15, 0.2) is 16.6 Å². The molecule has 16 heavy (non-hydrogen) atoms. The Kier molecular flexibility index (Phi) is 2.31. The van der Waals surface area contributed by atoms with E-state index in [1.54, 1.807) is 0 Å². The average Bonchev–Trinajstić information content (AvgIpc) is 2.49. The number of nitrogens with zero attached hydrogens (tertiary/aromatic N) is 1. The van der Waals surface area contributed by atoms with E-state index >= 15 is 0 Å². The van der Waals surface area contributed by atoms with Gasteiger partial charge in [-0.15, -0.1) is 0 Å². The zero-order valence-corrected chi connectivity index (χ0v) is 10.2. The minimum absolute atomic E-state index is 0.0695. The number of aromatic nitrogens is 1. The van der Waals surface area contributed by atoms with E-state index in [0.29, 0.717) is 0 Å². The molecule has 0 spiro atoms. The molecule has 3 heteroatoms. The SMILES string of the molecule is CC1(N)C=Cc2nc(C(C)(C)C)oc2C=C1. The maximum Gasteiger partial charge on any atom is 0.200 e. The van der Waals surface area contributed by atoms with Crippen LogP contribution < -0.4 is 5.73 Å². The van der Waals surface area contributed by atoms with Crippen molar-refractivity contribution in [1.82, 2.24) is 4.98 Å². The molecule has 0 saturated carbocycles. The van der Waals surface area contributed by atoms with Crippen molar-refractivity contribution in [2.24, 2.45) is 5.73 Å². The second kappa shape index (κ2) is 3.32. The van der Waals surface area contributed by atoms with Crippen LogP contribution >= 0.6 is 0 Å². The molecule has 0 aliphatic heterocycles. The summed E-state index contributed by atoms with van der Waals surface area (Å²) >= 11 is 0. The van der Waals surface area contributed by atoms with Gasteiger partial charge in [-0.3, -0.25) is 0 Å². The van der Waals surface area contributed by atoms with Crippen LogP contribution in [0.1, 0.15) is 45.0 Å². The number of nitrogens with two attached hydrogens (primary N) is 1. The summed E-state index contributed by atoms with van der Waals surface area (Å²) in [6.45, 7) is 8.19. The van der Waals surface area contributed by atoms with Crippen molar-refractivity contribution in [1.29, 1.82) is 0 Å². The standard InChI is InChI=1S/C13H18N2O/c1-12(2,3)11-15-9-5-7-13(4,14)8-6-10(9)16-11/h5-8H,14H2,1-4H3. The highest BCUT2D eigenvalue weighted by molar-refractivity contribution is 5.63. The summed E-state index contributed by atoms with van der Waals surface area (Å²) in [5.74, 6) is 1.54. The first-order chi connectivity index (χ1) is 7.28. The normalized spacial score (nSPS) is 24.3. The van der Waals surface area contributed by atoms with Gasteiger partial charge < -0.3 is 10.2 Å². The summed E-state index contributed by atoms with van der Waals surface area (Å²) in [5, 5.41) is 0. The molecule has 1 atom stereocenters. The van der Waals surface area contributed by atoms with Crippen LogP contribution in [0.25, 0.3) is 12.2 Å². The molecular formula is C13H18N2O.